The molecule has 2 atom stereocenters. The molecule has 0 spiro atoms. The van der Waals surface area contributed by atoms with E-state index in [1.54, 1.807) is 0 Å². The molecule has 1 aliphatic rings. The van der Waals surface area contributed by atoms with Gasteiger partial charge in [-0.2, -0.15) is 0 Å². The van der Waals surface area contributed by atoms with Crippen LogP contribution in [0.25, 0.3) is 6.08 Å². The lowest BCUT2D eigenvalue weighted by Gasteiger charge is -2.30. The zero-order valence-corrected chi connectivity index (χ0v) is 12.3. The second-order valence-electron chi connectivity index (χ2n) is 5.33. The molecule has 0 amide bonds. The molecule has 0 saturated carbocycles. The maximum absolute atomic E-state index is 13.0. The van der Waals surface area contributed by atoms with E-state index in [-0.39, 0.29) is 11.7 Å². The Bertz CT molecular complexity index is 753. The highest BCUT2D eigenvalue weighted by atomic mass is 16.1. The lowest BCUT2D eigenvalue weighted by Crippen LogP contribution is -2.31. The van der Waals surface area contributed by atoms with Gasteiger partial charge in [0.05, 0.1) is 0 Å². The lowest BCUT2D eigenvalue weighted by molar-refractivity contribution is -0.105. The van der Waals surface area contributed by atoms with Gasteiger partial charge in [0.2, 0.25) is 0 Å². The van der Waals surface area contributed by atoms with E-state index in [9.17, 15) is 9.59 Å². The molecule has 0 N–H and O–H groups in total. The summed E-state index contributed by atoms with van der Waals surface area (Å²) in [5.41, 5.74) is 2.18. The van der Waals surface area contributed by atoms with Gasteiger partial charge in [-0.1, -0.05) is 42.5 Å². The summed E-state index contributed by atoms with van der Waals surface area (Å²) in [6, 6.07) is 12.6. The van der Waals surface area contributed by atoms with Crippen molar-refractivity contribution < 1.29 is 9.59 Å². The number of benzene rings is 1. The van der Waals surface area contributed by atoms with Gasteiger partial charge >= 0.3 is 0 Å². The second-order valence-corrected chi connectivity index (χ2v) is 5.33. The molecular formula is C19H17NO2. The van der Waals surface area contributed by atoms with E-state index in [2.05, 4.69) is 0 Å². The van der Waals surface area contributed by atoms with Crippen molar-refractivity contribution in [3.8, 4) is 0 Å². The molecule has 2 aromatic rings. The Morgan fingerprint density at radius 2 is 1.91 bits per heavy atom. The number of hydrogen-bond donors (Lipinski definition) is 0. The Hall–Kier alpha value is -2.68. The third-order valence-corrected chi connectivity index (χ3v) is 4.01. The molecule has 1 aliphatic heterocycles. The molecule has 0 saturated heterocycles. The van der Waals surface area contributed by atoms with Crippen molar-refractivity contribution in [3.63, 3.8) is 0 Å². The first-order chi connectivity index (χ1) is 10.8. The lowest BCUT2D eigenvalue weighted by atomic mass is 9.83. The van der Waals surface area contributed by atoms with Crippen LogP contribution in [0.2, 0.25) is 0 Å². The summed E-state index contributed by atoms with van der Waals surface area (Å²) < 4.78 is 1.95. The van der Waals surface area contributed by atoms with E-state index in [4.69, 9.17) is 0 Å². The predicted molar refractivity (Wildman–Crippen MR) is 86.6 cm³/mol. The molecule has 22 heavy (non-hydrogen) atoms. The molecule has 3 rings (SSSR count). The van der Waals surface area contributed by atoms with Gasteiger partial charge < -0.3 is 4.57 Å². The maximum Gasteiger partial charge on any atom is 0.186 e. The molecular weight excluding hydrogens is 274 g/mol. The van der Waals surface area contributed by atoms with Crippen molar-refractivity contribution in [1.29, 1.82) is 0 Å². The molecule has 3 heteroatoms. The van der Waals surface area contributed by atoms with E-state index >= 15 is 0 Å². The largest absolute Gasteiger partial charge is 0.336 e. The van der Waals surface area contributed by atoms with Crippen molar-refractivity contribution >= 4 is 18.1 Å². The van der Waals surface area contributed by atoms with Gasteiger partial charge in [0.1, 0.15) is 12.3 Å². The van der Waals surface area contributed by atoms with Crippen molar-refractivity contribution in [3.05, 3.63) is 77.6 Å². The number of carbonyl (C=O) groups is 2. The van der Waals surface area contributed by atoms with E-state index in [0.717, 1.165) is 12.0 Å². The molecule has 110 valence electrons. The number of ketones is 1. The quantitative estimate of drug-likeness (QED) is 0.489. The number of fused-ring (bicyclic) bond motifs is 1. The van der Waals surface area contributed by atoms with Gasteiger partial charge in [0.25, 0.3) is 0 Å². The molecule has 2 unspecified atom stereocenters. The average Bonchev–Trinajstić information content (AvgIpc) is 3.02. The van der Waals surface area contributed by atoms with Crippen LogP contribution in [-0.2, 0) is 4.79 Å². The van der Waals surface area contributed by atoms with E-state index in [1.165, 1.54) is 0 Å². The number of rotatable bonds is 4. The van der Waals surface area contributed by atoms with Gasteiger partial charge in [-0.25, -0.2) is 0 Å². The van der Waals surface area contributed by atoms with Crippen LogP contribution in [0.4, 0.5) is 0 Å². The minimum atomic E-state index is -0.422. The fraction of sp³-hybridized carbons (Fsp3) is 0.158. The molecule has 3 nitrogen and oxygen atoms in total. The number of carbonyl (C=O) groups excluding carboxylic acids is 2. The zero-order valence-electron chi connectivity index (χ0n) is 12.3. The predicted octanol–water partition coefficient (Wildman–Crippen LogP) is 3.70. The van der Waals surface area contributed by atoms with Crippen LogP contribution in [0.1, 0.15) is 29.0 Å². The fourth-order valence-corrected chi connectivity index (χ4v) is 3.00. The number of aldehydes is 1. The summed E-state index contributed by atoms with van der Waals surface area (Å²) in [6.07, 6.45) is 8.42. The van der Waals surface area contributed by atoms with Crippen LogP contribution >= 0.6 is 0 Å². The van der Waals surface area contributed by atoms with Crippen LogP contribution in [-0.4, -0.2) is 16.6 Å². The maximum atomic E-state index is 13.0. The Kier molecular flexibility index (Phi) is 3.88. The van der Waals surface area contributed by atoms with Crippen LogP contribution < -0.4 is 0 Å². The Morgan fingerprint density at radius 1 is 1.14 bits per heavy atom. The molecule has 0 fully saturated rings. The van der Waals surface area contributed by atoms with E-state index in [1.807, 2.05) is 78.4 Å². The van der Waals surface area contributed by atoms with Gasteiger partial charge in [0, 0.05) is 28.9 Å². The van der Waals surface area contributed by atoms with Crippen molar-refractivity contribution in [2.45, 2.75) is 13.0 Å². The highest BCUT2D eigenvalue weighted by Crippen LogP contribution is 2.36. The van der Waals surface area contributed by atoms with Gasteiger partial charge in [-0.3, -0.25) is 9.59 Å². The van der Waals surface area contributed by atoms with E-state index < -0.39 is 6.04 Å². The van der Waals surface area contributed by atoms with Crippen molar-refractivity contribution in [2.24, 2.45) is 5.92 Å². The fourth-order valence-electron chi connectivity index (χ4n) is 3.00. The minimum absolute atomic E-state index is 0.0219. The third kappa shape index (κ3) is 2.35. The molecule has 0 bridgehead atoms. The monoisotopic (exact) mass is 291 g/mol. The topological polar surface area (TPSA) is 39.1 Å². The number of nitrogens with zero attached hydrogens (tertiary/aromatic N) is 1. The first-order valence-corrected chi connectivity index (χ1v) is 7.32. The number of aromatic nitrogens is 1. The third-order valence-electron chi connectivity index (χ3n) is 4.01. The van der Waals surface area contributed by atoms with Crippen LogP contribution in [0.5, 0.6) is 0 Å². The van der Waals surface area contributed by atoms with Crippen molar-refractivity contribution in [2.75, 3.05) is 0 Å². The SMILES string of the molecule is C/C=C/C1C(C=O)=Cc2cccn2C1C(=O)c1ccccc1. The number of Topliss-reactive ketones (excluding diaryl/α,β-unsaturated/α-hetero) is 1. The summed E-state index contributed by atoms with van der Waals surface area (Å²) in [7, 11) is 0. The molecule has 2 heterocycles. The molecule has 1 aromatic carbocycles. The first kappa shape index (κ1) is 14.3. The highest BCUT2D eigenvalue weighted by Gasteiger charge is 2.34. The zero-order chi connectivity index (χ0) is 15.5. The van der Waals surface area contributed by atoms with Crippen LogP contribution in [0, 0.1) is 5.92 Å². The van der Waals surface area contributed by atoms with E-state index in [0.29, 0.717) is 11.1 Å². The molecule has 0 aliphatic carbocycles. The summed E-state index contributed by atoms with van der Waals surface area (Å²) in [6.45, 7) is 1.90. The van der Waals surface area contributed by atoms with Crippen molar-refractivity contribution in [1.82, 2.24) is 4.57 Å². The summed E-state index contributed by atoms with van der Waals surface area (Å²) >= 11 is 0. The molecule has 0 radical (unpaired) electrons. The second kappa shape index (κ2) is 5.98. The van der Waals surface area contributed by atoms with Gasteiger partial charge in [0.15, 0.2) is 5.78 Å². The smallest absolute Gasteiger partial charge is 0.186 e. The van der Waals surface area contributed by atoms with Gasteiger partial charge in [-0.05, 0) is 25.1 Å². The summed E-state index contributed by atoms with van der Waals surface area (Å²) in [5.74, 6) is -0.219. The summed E-state index contributed by atoms with van der Waals surface area (Å²) in [5, 5.41) is 0. The van der Waals surface area contributed by atoms with Crippen LogP contribution in [0.15, 0.2) is 66.4 Å². The molecule has 1 aromatic heterocycles. The highest BCUT2D eigenvalue weighted by molar-refractivity contribution is 6.01. The standard InChI is InChI=1S/C19H17NO2/c1-2-7-17-15(13-21)12-16-10-6-11-20(16)18(17)19(22)14-8-4-3-5-9-14/h2-13,17-18H,1H3/b7-2+. The minimum Gasteiger partial charge on any atom is -0.336 e. The number of allylic oxidation sites excluding steroid dienone is 3. The number of hydrogen-bond acceptors (Lipinski definition) is 2. The summed E-state index contributed by atoms with van der Waals surface area (Å²) in [4.78, 5) is 24.5. The first-order valence-electron chi connectivity index (χ1n) is 7.32. The van der Waals surface area contributed by atoms with Crippen LogP contribution in [0.3, 0.4) is 0 Å². The van der Waals surface area contributed by atoms with Gasteiger partial charge in [-0.15, -0.1) is 0 Å². The Balaban J connectivity index is 2.12. The normalized spacial score (nSPS) is 20.5. The average molecular weight is 291 g/mol. The Morgan fingerprint density at radius 3 is 2.59 bits per heavy atom. The Labute approximate surface area is 129 Å².